The molecule has 1 aromatic heterocycles. The van der Waals surface area contributed by atoms with Crippen LogP contribution in [0.1, 0.15) is 39.5 Å². The molecule has 2 atom stereocenters. The van der Waals surface area contributed by atoms with Gasteiger partial charge in [-0.15, -0.1) is 0 Å². The highest BCUT2D eigenvalue weighted by atomic mass is 35.5. The molecule has 5 rings (SSSR count). The zero-order chi connectivity index (χ0) is 23.0. The fraction of sp³-hybridized carbons (Fsp3) is 0.583. The molecule has 0 radical (unpaired) electrons. The van der Waals surface area contributed by atoms with Crippen LogP contribution in [-0.4, -0.2) is 65.3 Å². The first-order valence-corrected chi connectivity index (χ1v) is 12.2. The van der Waals surface area contributed by atoms with Gasteiger partial charge in [0.2, 0.25) is 5.95 Å². The summed E-state index contributed by atoms with van der Waals surface area (Å²) in [6.07, 6.45) is 5.63. The van der Waals surface area contributed by atoms with E-state index in [9.17, 15) is 4.39 Å². The molecule has 3 aliphatic rings. The van der Waals surface area contributed by atoms with Gasteiger partial charge in [-0.2, -0.15) is 4.98 Å². The van der Waals surface area contributed by atoms with Crippen molar-refractivity contribution in [3.63, 3.8) is 0 Å². The summed E-state index contributed by atoms with van der Waals surface area (Å²) in [5.74, 6) is 0.148. The largest absolute Gasteiger partial charge is 0.378 e. The average molecular weight is 475 g/mol. The Morgan fingerprint density at radius 2 is 2.03 bits per heavy atom. The minimum Gasteiger partial charge on any atom is -0.378 e. The molecule has 0 bridgehead atoms. The first-order chi connectivity index (χ1) is 15.9. The fourth-order valence-corrected chi connectivity index (χ4v) is 5.92. The maximum Gasteiger partial charge on any atom is 0.229 e. The predicted molar refractivity (Wildman–Crippen MR) is 130 cm³/mol. The number of morpholine rings is 1. The van der Waals surface area contributed by atoms with Crippen LogP contribution in [0.2, 0.25) is 5.02 Å². The van der Waals surface area contributed by atoms with Crippen LogP contribution in [-0.2, 0) is 4.74 Å². The van der Waals surface area contributed by atoms with Crippen LogP contribution < -0.4 is 15.5 Å². The smallest absolute Gasteiger partial charge is 0.229 e. The van der Waals surface area contributed by atoms with Crippen molar-refractivity contribution in [2.75, 3.05) is 48.4 Å². The third kappa shape index (κ3) is 4.88. The second kappa shape index (κ2) is 9.24. The molecule has 4 heterocycles. The second-order valence-electron chi connectivity index (χ2n) is 9.86. The van der Waals surface area contributed by atoms with Crippen molar-refractivity contribution in [3.8, 4) is 0 Å². The molecule has 9 heteroatoms. The van der Waals surface area contributed by atoms with E-state index in [1.807, 2.05) is 18.2 Å². The van der Waals surface area contributed by atoms with Crippen molar-refractivity contribution in [1.82, 2.24) is 14.9 Å². The van der Waals surface area contributed by atoms with Crippen LogP contribution in [0.5, 0.6) is 0 Å². The Hall–Kier alpha value is -2.16. The van der Waals surface area contributed by atoms with Crippen molar-refractivity contribution in [2.24, 2.45) is 0 Å². The number of fused-ring (bicyclic) bond motifs is 1. The topological polar surface area (TPSA) is 65.5 Å². The minimum absolute atomic E-state index is 0.0979. The van der Waals surface area contributed by atoms with Crippen LogP contribution in [0.3, 0.4) is 0 Å². The Balaban J connectivity index is 1.28. The molecule has 2 aromatic rings. The molecule has 2 N–H and O–H groups in total. The minimum atomic E-state index is -0.437. The molecule has 178 valence electrons. The van der Waals surface area contributed by atoms with Crippen LogP contribution in [0, 0.1) is 5.82 Å². The van der Waals surface area contributed by atoms with E-state index in [2.05, 4.69) is 44.2 Å². The summed E-state index contributed by atoms with van der Waals surface area (Å²) >= 11 is 6.55. The molecule has 0 aliphatic carbocycles. The lowest BCUT2D eigenvalue weighted by atomic mass is 9.84. The maximum absolute atomic E-state index is 14.6. The number of aromatic nitrogens is 2. The highest BCUT2D eigenvalue weighted by Gasteiger charge is 2.43. The molecule has 1 unspecified atom stereocenters. The zero-order valence-corrected chi connectivity index (χ0v) is 20.0. The van der Waals surface area contributed by atoms with Gasteiger partial charge in [-0.3, -0.25) is 4.90 Å². The number of nitrogens with one attached hydrogen (secondary N) is 2. The number of rotatable bonds is 5. The monoisotopic (exact) mass is 474 g/mol. The van der Waals surface area contributed by atoms with Crippen LogP contribution >= 0.6 is 11.6 Å². The van der Waals surface area contributed by atoms with Gasteiger partial charge in [0.15, 0.2) is 11.6 Å². The number of anilines is 4. The Kier molecular flexibility index (Phi) is 6.33. The maximum atomic E-state index is 14.6. The van der Waals surface area contributed by atoms with Crippen molar-refractivity contribution in [3.05, 3.63) is 35.2 Å². The highest BCUT2D eigenvalue weighted by molar-refractivity contribution is 6.33. The Morgan fingerprint density at radius 3 is 2.82 bits per heavy atom. The number of benzene rings is 1. The number of halogens is 2. The van der Waals surface area contributed by atoms with E-state index in [-0.39, 0.29) is 17.4 Å². The molecule has 3 aliphatic heterocycles. The summed E-state index contributed by atoms with van der Waals surface area (Å²) in [5, 5.41) is 7.18. The normalized spacial score (nSPS) is 25.0. The zero-order valence-electron chi connectivity index (χ0n) is 19.3. The van der Waals surface area contributed by atoms with Gasteiger partial charge >= 0.3 is 0 Å². The van der Waals surface area contributed by atoms with Gasteiger partial charge < -0.3 is 20.3 Å². The molecular weight excluding hydrogens is 443 g/mol. The number of piperidine rings is 1. The number of hydrogen-bond acceptors (Lipinski definition) is 7. The Morgan fingerprint density at radius 1 is 1.21 bits per heavy atom. The van der Waals surface area contributed by atoms with E-state index in [4.69, 9.17) is 16.3 Å². The quantitative estimate of drug-likeness (QED) is 0.653. The lowest BCUT2D eigenvalue weighted by Crippen LogP contribution is -2.55. The lowest BCUT2D eigenvalue weighted by Gasteiger charge is -2.47. The van der Waals surface area contributed by atoms with Gasteiger partial charge in [0.05, 0.1) is 30.1 Å². The first-order valence-electron chi connectivity index (χ1n) is 11.8. The molecular formula is C24H32ClFN6O. The van der Waals surface area contributed by atoms with Crippen molar-refractivity contribution < 1.29 is 9.13 Å². The third-order valence-corrected chi connectivity index (χ3v) is 7.40. The van der Waals surface area contributed by atoms with E-state index in [0.717, 1.165) is 43.9 Å². The Bertz CT molecular complexity index is 999. The fourth-order valence-electron chi connectivity index (χ4n) is 5.62. The average Bonchev–Trinajstić information content (AvgIpc) is 3.26. The van der Waals surface area contributed by atoms with Gasteiger partial charge in [-0.25, -0.2) is 9.37 Å². The van der Waals surface area contributed by atoms with Gasteiger partial charge in [0, 0.05) is 36.4 Å². The summed E-state index contributed by atoms with van der Waals surface area (Å²) in [4.78, 5) is 13.4. The number of hydrogen-bond donors (Lipinski definition) is 2. The molecule has 7 nitrogen and oxygen atoms in total. The van der Waals surface area contributed by atoms with Crippen molar-refractivity contribution in [1.29, 1.82) is 0 Å². The summed E-state index contributed by atoms with van der Waals surface area (Å²) in [6.45, 7) is 8.77. The third-order valence-electron chi connectivity index (χ3n) is 7.10. The molecule has 0 saturated carbocycles. The van der Waals surface area contributed by atoms with Crippen LogP contribution in [0.25, 0.3) is 0 Å². The van der Waals surface area contributed by atoms with E-state index in [0.29, 0.717) is 30.2 Å². The SMILES string of the molecule is CC1(C)CC(Nc2nc(Nc3ccc(N4CCOCC4)c(Cl)c3)ncc2F)C[C@@H]2CCCN21. The van der Waals surface area contributed by atoms with Crippen molar-refractivity contribution >= 4 is 34.7 Å². The molecule has 1 aromatic carbocycles. The van der Waals surface area contributed by atoms with Gasteiger partial charge in [0.25, 0.3) is 0 Å². The van der Waals surface area contributed by atoms with Gasteiger partial charge in [0.1, 0.15) is 0 Å². The summed E-state index contributed by atoms with van der Waals surface area (Å²) in [6, 6.07) is 6.51. The number of nitrogens with zero attached hydrogens (tertiary/aromatic N) is 4. The van der Waals surface area contributed by atoms with E-state index in [1.165, 1.54) is 19.0 Å². The van der Waals surface area contributed by atoms with Crippen molar-refractivity contribution in [2.45, 2.75) is 57.2 Å². The molecule has 3 saturated heterocycles. The molecule has 3 fully saturated rings. The predicted octanol–water partition coefficient (Wildman–Crippen LogP) is 4.67. The standard InChI is InChI=1S/C24H32ClFN6O/c1-24(2)14-17(12-18-4-3-7-32(18)24)28-22-20(26)15-27-23(30-22)29-16-5-6-21(19(25)13-16)31-8-10-33-11-9-31/h5-6,13,15,17-18H,3-4,7-12,14H2,1-2H3,(H2,27,28,29,30)/t17?,18-/m0/s1. The van der Waals surface area contributed by atoms with Gasteiger partial charge in [-0.05, 0) is 64.3 Å². The Labute approximate surface area is 199 Å². The van der Waals surface area contributed by atoms with E-state index < -0.39 is 5.82 Å². The van der Waals surface area contributed by atoms with Crippen LogP contribution in [0.15, 0.2) is 24.4 Å². The van der Waals surface area contributed by atoms with E-state index in [1.54, 1.807) is 0 Å². The first kappa shape index (κ1) is 22.6. The molecule has 33 heavy (non-hydrogen) atoms. The lowest BCUT2D eigenvalue weighted by molar-refractivity contribution is 0.0500. The second-order valence-corrected chi connectivity index (χ2v) is 10.3. The highest BCUT2D eigenvalue weighted by Crippen LogP contribution is 2.38. The molecule has 0 spiro atoms. The number of ether oxygens (including phenoxy) is 1. The van der Waals surface area contributed by atoms with E-state index >= 15 is 0 Å². The van der Waals surface area contributed by atoms with Crippen LogP contribution in [0.4, 0.5) is 27.5 Å². The van der Waals surface area contributed by atoms with Gasteiger partial charge in [-0.1, -0.05) is 11.6 Å². The summed E-state index contributed by atoms with van der Waals surface area (Å²) in [5.41, 5.74) is 1.84. The summed E-state index contributed by atoms with van der Waals surface area (Å²) < 4.78 is 20.0. The summed E-state index contributed by atoms with van der Waals surface area (Å²) in [7, 11) is 0. The molecule has 0 amide bonds.